The maximum Gasteiger partial charge on any atom is 0.308 e. The Kier molecular flexibility index (Phi) is 8.69. The first-order valence-electron chi connectivity index (χ1n) is 12.4. The fraction of sp³-hybridized carbons (Fsp3) is 0.310. The van der Waals surface area contributed by atoms with Crippen molar-refractivity contribution in [3.05, 3.63) is 82.7 Å². The lowest BCUT2D eigenvalue weighted by molar-refractivity contribution is -0.145. The second kappa shape index (κ2) is 12.0. The van der Waals surface area contributed by atoms with Crippen LogP contribution in [0.2, 0.25) is 0 Å². The number of thiophene rings is 1. The van der Waals surface area contributed by atoms with Crippen LogP contribution in [0.5, 0.6) is 5.75 Å². The average Bonchev–Trinajstić information content (AvgIpc) is 3.43. The number of methoxy groups -OCH3 is 1. The molecular formula is C29H31NO6S2. The van der Waals surface area contributed by atoms with E-state index in [1.54, 1.807) is 32.4 Å². The van der Waals surface area contributed by atoms with Gasteiger partial charge in [0.15, 0.2) is 9.84 Å². The van der Waals surface area contributed by atoms with Crippen LogP contribution in [0.3, 0.4) is 0 Å². The van der Waals surface area contributed by atoms with Gasteiger partial charge < -0.3 is 14.8 Å². The van der Waals surface area contributed by atoms with Crippen molar-refractivity contribution in [3.8, 4) is 16.2 Å². The SMILES string of the molecule is CNC(=O)C=Cc1ccc(-c2ccc([C@@]3(CC(=O)OCc4ccc(OC)cc4)CCCCS3(=O)=O)s2)cc1. The maximum atomic E-state index is 13.5. The zero-order valence-electron chi connectivity index (χ0n) is 21.4. The van der Waals surface area contributed by atoms with E-state index < -0.39 is 20.6 Å². The van der Waals surface area contributed by atoms with Gasteiger partial charge in [-0.15, -0.1) is 11.3 Å². The van der Waals surface area contributed by atoms with Crippen LogP contribution in [-0.2, 0) is 35.5 Å². The summed E-state index contributed by atoms with van der Waals surface area (Å²) < 4.78 is 36.3. The molecule has 2 heterocycles. The summed E-state index contributed by atoms with van der Waals surface area (Å²) in [5, 5.41) is 2.54. The van der Waals surface area contributed by atoms with Crippen LogP contribution in [0.1, 0.15) is 41.7 Å². The summed E-state index contributed by atoms with van der Waals surface area (Å²) >= 11 is 1.40. The third-order valence-electron chi connectivity index (χ3n) is 6.75. The van der Waals surface area contributed by atoms with Crippen molar-refractivity contribution in [1.82, 2.24) is 5.32 Å². The van der Waals surface area contributed by atoms with Crippen molar-refractivity contribution < 1.29 is 27.5 Å². The summed E-state index contributed by atoms with van der Waals surface area (Å²) in [6.45, 7) is 0.0648. The van der Waals surface area contributed by atoms with E-state index in [-0.39, 0.29) is 24.7 Å². The summed E-state index contributed by atoms with van der Waals surface area (Å²) in [6.07, 6.45) is 4.68. The summed E-state index contributed by atoms with van der Waals surface area (Å²) in [5.41, 5.74) is 2.61. The van der Waals surface area contributed by atoms with Gasteiger partial charge >= 0.3 is 5.97 Å². The number of carbonyl (C=O) groups excluding carboxylic acids is 2. The summed E-state index contributed by atoms with van der Waals surface area (Å²) in [6, 6.07) is 18.6. The van der Waals surface area contributed by atoms with Crippen molar-refractivity contribution in [3.63, 3.8) is 0 Å². The monoisotopic (exact) mass is 553 g/mol. The van der Waals surface area contributed by atoms with Gasteiger partial charge in [0.25, 0.3) is 0 Å². The standard InChI is InChI=1S/C29H31NO6S2/c1-30-27(31)16-9-21-5-10-23(11-6-21)25-14-15-26(37-25)29(17-3-4-18-38(29,33)34)19-28(32)36-20-22-7-12-24(35-2)13-8-22/h5-16H,3-4,17-20H2,1-2H3,(H,30,31)/t29-/m0/s1. The summed E-state index contributed by atoms with van der Waals surface area (Å²) in [7, 11) is -0.419. The molecule has 38 heavy (non-hydrogen) atoms. The van der Waals surface area contributed by atoms with Crippen LogP contribution in [0, 0.1) is 0 Å². The first kappa shape index (κ1) is 27.6. The number of amides is 1. The lowest BCUT2D eigenvalue weighted by Crippen LogP contribution is -2.42. The molecule has 4 rings (SSSR count). The highest BCUT2D eigenvalue weighted by Gasteiger charge is 2.49. The Morgan fingerprint density at radius 2 is 1.76 bits per heavy atom. The lowest BCUT2D eigenvalue weighted by Gasteiger charge is -2.35. The van der Waals surface area contributed by atoms with Gasteiger partial charge in [-0.05, 0) is 59.9 Å². The Morgan fingerprint density at radius 1 is 1.03 bits per heavy atom. The molecule has 1 N–H and O–H groups in total. The number of benzene rings is 2. The Hall–Kier alpha value is -3.43. The molecule has 0 spiro atoms. The molecule has 7 nitrogen and oxygen atoms in total. The fourth-order valence-corrected chi connectivity index (χ4v) is 8.31. The van der Waals surface area contributed by atoms with E-state index in [9.17, 15) is 18.0 Å². The minimum atomic E-state index is -3.57. The van der Waals surface area contributed by atoms with Gasteiger partial charge in [0.2, 0.25) is 5.91 Å². The largest absolute Gasteiger partial charge is 0.497 e. The lowest BCUT2D eigenvalue weighted by atomic mass is 9.95. The third-order valence-corrected chi connectivity index (χ3v) is 10.8. The van der Waals surface area contributed by atoms with Crippen LogP contribution in [0.4, 0.5) is 0 Å². The van der Waals surface area contributed by atoms with Crippen molar-refractivity contribution in [1.29, 1.82) is 0 Å². The molecule has 9 heteroatoms. The molecule has 0 aliphatic carbocycles. The van der Waals surface area contributed by atoms with E-state index in [0.29, 0.717) is 23.5 Å². The Bertz CT molecular complexity index is 1410. The van der Waals surface area contributed by atoms with Crippen LogP contribution in [0.15, 0.2) is 66.7 Å². The quantitative estimate of drug-likeness (QED) is 0.292. The molecule has 1 fully saturated rings. The molecule has 2 aromatic carbocycles. The van der Waals surface area contributed by atoms with Crippen LogP contribution in [-0.4, -0.2) is 40.2 Å². The third kappa shape index (κ3) is 6.16. The molecule has 1 aromatic heterocycles. The molecule has 1 amide bonds. The molecule has 0 bridgehead atoms. The zero-order chi connectivity index (χ0) is 27.2. The molecule has 0 radical (unpaired) electrons. The number of esters is 1. The van der Waals surface area contributed by atoms with Crippen LogP contribution < -0.4 is 10.1 Å². The van der Waals surface area contributed by atoms with E-state index in [0.717, 1.165) is 28.0 Å². The van der Waals surface area contributed by atoms with Gasteiger partial charge in [-0.25, -0.2) is 8.42 Å². The van der Waals surface area contributed by atoms with Gasteiger partial charge in [0.05, 0.1) is 19.3 Å². The maximum absolute atomic E-state index is 13.5. The Balaban J connectivity index is 1.54. The van der Waals surface area contributed by atoms with Crippen molar-refractivity contribution in [2.24, 2.45) is 0 Å². The zero-order valence-corrected chi connectivity index (χ0v) is 23.1. The smallest absolute Gasteiger partial charge is 0.308 e. The van der Waals surface area contributed by atoms with E-state index in [4.69, 9.17) is 9.47 Å². The average molecular weight is 554 g/mol. The number of likely N-dealkylation sites (N-methyl/N-ethyl adjacent to an activating group) is 1. The van der Waals surface area contributed by atoms with E-state index >= 15 is 0 Å². The molecule has 1 aliphatic rings. The number of ether oxygens (including phenoxy) is 2. The summed E-state index contributed by atoms with van der Waals surface area (Å²) in [4.78, 5) is 26.0. The van der Waals surface area contributed by atoms with Crippen LogP contribution in [0.25, 0.3) is 16.5 Å². The van der Waals surface area contributed by atoms with Crippen molar-refractivity contribution in [2.75, 3.05) is 19.9 Å². The molecule has 3 aromatic rings. The molecule has 0 saturated carbocycles. The highest BCUT2D eigenvalue weighted by atomic mass is 32.2. The first-order valence-corrected chi connectivity index (χ1v) is 14.8. The predicted octanol–water partition coefficient (Wildman–Crippen LogP) is 5.11. The molecule has 0 unspecified atom stereocenters. The molecule has 1 aliphatic heterocycles. The highest BCUT2D eigenvalue weighted by Crippen LogP contribution is 2.47. The van der Waals surface area contributed by atoms with E-state index in [2.05, 4.69) is 5.32 Å². The Morgan fingerprint density at radius 3 is 2.42 bits per heavy atom. The topological polar surface area (TPSA) is 98.8 Å². The number of hydrogen-bond donors (Lipinski definition) is 1. The second-order valence-electron chi connectivity index (χ2n) is 9.19. The van der Waals surface area contributed by atoms with Gasteiger partial charge in [0, 0.05) is 22.9 Å². The minimum absolute atomic E-state index is 0.0539. The fourth-order valence-electron chi connectivity index (χ4n) is 4.54. The van der Waals surface area contributed by atoms with Gasteiger partial charge in [-0.1, -0.05) is 42.8 Å². The van der Waals surface area contributed by atoms with E-state index in [1.165, 1.54) is 17.4 Å². The first-order chi connectivity index (χ1) is 18.3. The molecule has 200 valence electrons. The van der Waals surface area contributed by atoms with E-state index in [1.807, 2.05) is 48.5 Å². The minimum Gasteiger partial charge on any atom is -0.497 e. The number of sulfone groups is 1. The van der Waals surface area contributed by atoms with Gasteiger partial charge in [-0.2, -0.15) is 0 Å². The van der Waals surface area contributed by atoms with Gasteiger partial charge in [0.1, 0.15) is 17.1 Å². The number of rotatable bonds is 9. The highest BCUT2D eigenvalue weighted by molar-refractivity contribution is 7.92. The number of nitrogens with one attached hydrogen (secondary N) is 1. The Labute approximate surface area is 227 Å². The van der Waals surface area contributed by atoms with Crippen molar-refractivity contribution >= 4 is 39.1 Å². The molecule has 1 saturated heterocycles. The number of hydrogen-bond acceptors (Lipinski definition) is 7. The molecular weight excluding hydrogens is 522 g/mol. The summed E-state index contributed by atoms with van der Waals surface area (Å²) in [5.74, 6) is 0.0427. The van der Waals surface area contributed by atoms with Crippen LogP contribution >= 0.6 is 11.3 Å². The number of carbonyl (C=O) groups is 2. The molecule has 1 atom stereocenters. The normalized spacial score (nSPS) is 18.7. The predicted molar refractivity (Wildman–Crippen MR) is 150 cm³/mol. The van der Waals surface area contributed by atoms with Crippen molar-refractivity contribution in [2.45, 2.75) is 37.0 Å². The van der Waals surface area contributed by atoms with Gasteiger partial charge in [-0.3, -0.25) is 9.59 Å². The second-order valence-corrected chi connectivity index (χ2v) is 12.7.